The molecule has 0 aliphatic carbocycles. The Bertz CT molecular complexity index is 720. The van der Waals surface area contributed by atoms with Gasteiger partial charge in [0.25, 0.3) is 5.91 Å². The number of pyridine rings is 1. The lowest BCUT2D eigenvalue weighted by atomic mass is 10.2. The fourth-order valence-corrected chi connectivity index (χ4v) is 2.61. The summed E-state index contributed by atoms with van der Waals surface area (Å²) >= 11 is 0. The van der Waals surface area contributed by atoms with E-state index in [0.717, 1.165) is 32.8 Å². The number of ether oxygens (including phenoxy) is 1. The molecule has 1 aliphatic rings. The molecule has 1 aromatic heterocycles. The maximum absolute atomic E-state index is 13.2. The lowest BCUT2D eigenvalue weighted by Crippen LogP contribution is -2.41. The van der Waals surface area contributed by atoms with Crippen molar-refractivity contribution in [2.45, 2.75) is 0 Å². The molecule has 7 heteroatoms. The van der Waals surface area contributed by atoms with Crippen LogP contribution in [0.15, 0.2) is 42.6 Å². The minimum Gasteiger partial charge on any atom is -0.379 e. The number of amides is 1. The fourth-order valence-electron chi connectivity index (χ4n) is 2.61. The third kappa shape index (κ3) is 5.23. The Kier molecular flexibility index (Phi) is 5.92. The third-order valence-corrected chi connectivity index (χ3v) is 3.92. The van der Waals surface area contributed by atoms with Crippen molar-refractivity contribution in [2.24, 2.45) is 0 Å². The Balaban J connectivity index is 1.54. The Morgan fingerprint density at radius 1 is 1.20 bits per heavy atom. The summed E-state index contributed by atoms with van der Waals surface area (Å²) in [4.78, 5) is 18.6. The van der Waals surface area contributed by atoms with Crippen molar-refractivity contribution in [3.63, 3.8) is 0 Å². The molecule has 6 nitrogen and oxygen atoms in total. The average molecular weight is 344 g/mol. The Hall–Kier alpha value is -2.51. The zero-order valence-electron chi connectivity index (χ0n) is 13.9. The molecule has 2 aromatic rings. The van der Waals surface area contributed by atoms with E-state index in [-0.39, 0.29) is 11.7 Å². The SMILES string of the molecule is O=C(NCCN1CCOCC1)c1cc(Nc2cccc(F)c2)ccn1. The van der Waals surface area contributed by atoms with Crippen molar-refractivity contribution in [1.29, 1.82) is 0 Å². The van der Waals surface area contributed by atoms with Crippen molar-refractivity contribution in [2.75, 3.05) is 44.7 Å². The largest absolute Gasteiger partial charge is 0.379 e. The van der Waals surface area contributed by atoms with E-state index in [1.54, 1.807) is 30.5 Å². The molecule has 1 aliphatic heterocycles. The van der Waals surface area contributed by atoms with Gasteiger partial charge in [0, 0.05) is 43.8 Å². The van der Waals surface area contributed by atoms with Crippen molar-refractivity contribution >= 4 is 17.3 Å². The standard InChI is InChI=1S/C18H21FN4O2/c19-14-2-1-3-15(12-14)22-16-4-5-20-17(13-16)18(24)21-6-7-23-8-10-25-11-9-23/h1-5,12-13H,6-11H2,(H,20,22)(H,21,24). The predicted octanol–water partition coefficient (Wildman–Crippen LogP) is 2.03. The van der Waals surface area contributed by atoms with Gasteiger partial charge in [0.2, 0.25) is 0 Å². The van der Waals surface area contributed by atoms with Gasteiger partial charge in [-0.15, -0.1) is 0 Å². The first-order valence-corrected chi connectivity index (χ1v) is 8.28. The van der Waals surface area contributed by atoms with Gasteiger partial charge in [-0.05, 0) is 30.3 Å². The first-order chi connectivity index (χ1) is 12.2. The van der Waals surface area contributed by atoms with E-state index in [2.05, 4.69) is 20.5 Å². The molecule has 1 aromatic carbocycles. The smallest absolute Gasteiger partial charge is 0.269 e. The molecule has 2 N–H and O–H groups in total. The summed E-state index contributed by atoms with van der Waals surface area (Å²) in [7, 11) is 0. The van der Waals surface area contributed by atoms with Gasteiger partial charge in [0.05, 0.1) is 13.2 Å². The number of rotatable bonds is 6. The number of nitrogens with one attached hydrogen (secondary N) is 2. The van der Waals surface area contributed by atoms with Crippen molar-refractivity contribution in [3.05, 3.63) is 54.1 Å². The van der Waals surface area contributed by atoms with E-state index in [1.165, 1.54) is 12.1 Å². The average Bonchev–Trinajstić information content (AvgIpc) is 2.63. The summed E-state index contributed by atoms with van der Waals surface area (Å²) < 4.78 is 18.5. The molecule has 2 heterocycles. The van der Waals surface area contributed by atoms with Gasteiger partial charge in [-0.1, -0.05) is 6.07 Å². The number of hydrogen-bond donors (Lipinski definition) is 2. The zero-order chi connectivity index (χ0) is 17.5. The van der Waals surface area contributed by atoms with Crippen LogP contribution >= 0.6 is 0 Å². The number of carbonyl (C=O) groups is 1. The van der Waals surface area contributed by atoms with Gasteiger partial charge in [-0.25, -0.2) is 4.39 Å². The fraction of sp³-hybridized carbons (Fsp3) is 0.333. The molecule has 0 bridgehead atoms. The minimum absolute atomic E-state index is 0.226. The monoisotopic (exact) mass is 344 g/mol. The van der Waals surface area contributed by atoms with Crippen LogP contribution in [0.5, 0.6) is 0 Å². The molecule has 0 spiro atoms. The number of hydrogen-bond acceptors (Lipinski definition) is 5. The van der Waals surface area contributed by atoms with Crippen molar-refractivity contribution < 1.29 is 13.9 Å². The van der Waals surface area contributed by atoms with Crippen molar-refractivity contribution in [1.82, 2.24) is 15.2 Å². The van der Waals surface area contributed by atoms with E-state index >= 15 is 0 Å². The minimum atomic E-state index is -0.319. The van der Waals surface area contributed by atoms with Crippen LogP contribution in [0.4, 0.5) is 15.8 Å². The second kappa shape index (κ2) is 8.55. The number of halogens is 1. The van der Waals surface area contributed by atoms with Crippen LogP contribution in [0.1, 0.15) is 10.5 Å². The maximum atomic E-state index is 13.2. The molecule has 3 rings (SSSR count). The van der Waals surface area contributed by atoms with Crippen LogP contribution in [0, 0.1) is 5.82 Å². The maximum Gasteiger partial charge on any atom is 0.269 e. The summed E-state index contributed by atoms with van der Waals surface area (Å²) in [6.07, 6.45) is 1.55. The predicted molar refractivity (Wildman–Crippen MR) is 93.5 cm³/mol. The number of morpholine rings is 1. The highest BCUT2D eigenvalue weighted by Crippen LogP contribution is 2.17. The number of carbonyl (C=O) groups excluding carboxylic acids is 1. The van der Waals surface area contributed by atoms with Gasteiger partial charge < -0.3 is 15.4 Å². The van der Waals surface area contributed by atoms with Gasteiger partial charge >= 0.3 is 0 Å². The Labute approximate surface area is 146 Å². The van der Waals surface area contributed by atoms with Gasteiger partial charge in [-0.2, -0.15) is 0 Å². The van der Waals surface area contributed by atoms with Gasteiger partial charge in [-0.3, -0.25) is 14.7 Å². The molecule has 1 fully saturated rings. The van der Waals surface area contributed by atoms with E-state index in [1.807, 2.05) is 0 Å². The first kappa shape index (κ1) is 17.3. The van der Waals surface area contributed by atoms with Crippen LogP contribution < -0.4 is 10.6 Å². The molecular weight excluding hydrogens is 323 g/mol. The molecule has 25 heavy (non-hydrogen) atoms. The van der Waals surface area contributed by atoms with Crippen LogP contribution in [0.2, 0.25) is 0 Å². The van der Waals surface area contributed by atoms with Crippen LogP contribution in [-0.4, -0.2) is 55.2 Å². The number of aromatic nitrogens is 1. The second-order valence-electron chi connectivity index (χ2n) is 5.78. The normalized spacial score (nSPS) is 14.9. The highest BCUT2D eigenvalue weighted by Gasteiger charge is 2.12. The number of benzene rings is 1. The van der Waals surface area contributed by atoms with Crippen molar-refractivity contribution in [3.8, 4) is 0 Å². The summed E-state index contributed by atoms with van der Waals surface area (Å²) in [6, 6.07) is 9.53. The quantitative estimate of drug-likeness (QED) is 0.839. The molecule has 0 radical (unpaired) electrons. The molecule has 0 saturated carbocycles. The van der Waals surface area contributed by atoms with Crippen LogP contribution in [0.25, 0.3) is 0 Å². The second-order valence-corrected chi connectivity index (χ2v) is 5.78. The van der Waals surface area contributed by atoms with Gasteiger partial charge in [0.15, 0.2) is 0 Å². The lowest BCUT2D eigenvalue weighted by molar-refractivity contribution is 0.0383. The van der Waals surface area contributed by atoms with E-state index < -0.39 is 0 Å². The first-order valence-electron chi connectivity index (χ1n) is 8.28. The molecule has 0 unspecified atom stereocenters. The Morgan fingerprint density at radius 2 is 2.00 bits per heavy atom. The highest BCUT2D eigenvalue weighted by molar-refractivity contribution is 5.93. The molecule has 132 valence electrons. The number of anilines is 2. The third-order valence-electron chi connectivity index (χ3n) is 3.92. The zero-order valence-corrected chi connectivity index (χ0v) is 13.9. The summed E-state index contributed by atoms with van der Waals surface area (Å²) in [5, 5.41) is 5.94. The van der Waals surface area contributed by atoms with Crippen LogP contribution in [-0.2, 0) is 4.74 Å². The highest BCUT2D eigenvalue weighted by atomic mass is 19.1. The van der Waals surface area contributed by atoms with E-state index in [0.29, 0.717) is 23.6 Å². The molecule has 0 atom stereocenters. The number of nitrogens with zero attached hydrogens (tertiary/aromatic N) is 2. The van der Waals surface area contributed by atoms with E-state index in [9.17, 15) is 9.18 Å². The van der Waals surface area contributed by atoms with Crippen LogP contribution in [0.3, 0.4) is 0 Å². The summed E-state index contributed by atoms with van der Waals surface area (Å²) in [6.45, 7) is 4.60. The summed E-state index contributed by atoms with van der Waals surface area (Å²) in [5.41, 5.74) is 1.62. The summed E-state index contributed by atoms with van der Waals surface area (Å²) in [5.74, 6) is -0.545. The van der Waals surface area contributed by atoms with Gasteiger partial charge in [0.1, 0.15) is 11.5 Å². The molecule has 1 amide bonds. The molecule has 1 saturated heterocycles. The molecular formula is C18H21FN4O2. The Morgan fingerprint density at radius 3 is 2.80 bits per heavy atom. The lowest BCUT2D eigenvalue weighted by Gasteiger charge is -2.26. The van der Waals surface area contributed by atoms with E-state index in [4.69, 9.17) is 4.74 Å². The topological polar surface area (TPSA) is 66.5 Å².